The predicted octanol–water partition coefficient (Wildman–Crippen LogP) is 3.84. The van der Waals surface area contributed by atoms with E-state index in [0.717, 1.165) is 31.2 Å². The zero-order chi connectivity index (χ0) is 18.1. The van der Waals surface area contributed by atoms with Gasteiger partial charge in [0.2, 0.25) is 0 Å². The number of rotatable bonds is 7. The Morgan fingerprint density at radius 1 is 1.20 bits per heavy atom. The lowest BCUT2D eigenvalue weighted by atomic mass is 9.95. The van der Waals surface area contributed by atoms with Crippen LogP contribution < -0.4 is 14.8 Å². The molecular formula is C20H26N2O3. The molecule has 0 radical (unpaired) electrons. The number of carbonyl (C=O) groups excluding carboxylic acids is 1. The Morgan fingerprint density at radius 3 is 2.52 bits per heavy atom. The first-order valence-corrected chi connectivity index (χ1v) is 9.00. The fourth-order valence-corrected chi connectivity index (χ4v) is 2.98. The SMILES string of the molecule is CCOc1ccc(C=C(C#N)C(=O)NC2CCCCC2)cc1OCC. The third-order valence-corrected chi connectivity index (χ3v) is 4.18. The van der Waals surface area contributed by atoms with Crippen molar-refractivity contribution in [1.82, 2.24) is 5.32 Å². The monoisotopic (exact) mass is 342 g/mol. The van der Waals surface area contributed by atoms with Crippen LogP contribution in [0.3, 0.4) is 0 Å². The summed E-state index contributed by atoms with van der Waals surface area (Å²) in [5.74, 6) is 0.969. The third-order valence-electron chi connectivity index (χ3n) is 4.18. The lowest BCUT2D eigenvalue weighted by Gasteiger charge is -2.22. The maximum atomic E-state index is 12.4. The van der Waals surface area contributed by atoms with Crippen LogP contribution in [-0.4, -0.2) is 25.2 Å². The molecule has 1 fully saturated rings. The molecule has 1 aliphatic carbocycles. The molecule has 25 heavy (non-hydrogen) atoms. The maximum absolute atomic E-state index is 12.4. The number of carbonyl (C=O) groups is 1. The molecule has 0 aliphatic heterocycles. The Morgan fingerprint density at radius 2 is 1.88 bits per heavy atom. The van der Waals surface area contributed by atoms with Crippen LogP contribution in [-0.2, 0) is 4.79 Å². The molecular weight excluding hydrogens is 316 g/mol. The van der Waals surface area contributed by atoms with Gasteiger partial charge in [0.1, 0.15) is 11.6 Å². The fourth-order valence-electron chi connectivity index (χ4n) is 2.98. The molecule has 1 aliphatic rings. The van der Waals surface area contributed by atoms with E-state index in [-0.39, 0.29) is 17.5 Å². The molecule has 1 aromatic rings. The quantitative estimate of drug-likeness (QED) is 0.604. The van der Waals surface area contributed by atoms with Crippen molar-refractivity contribution < 1.29 is 14.3 Å². The second kappa shape index (κ2) is 9.73. The summed E-state index contributed by atoms with van der Waals surface area (Å²) < 4.78 is 11.1. The summed E-state index contributed by atoms with van der Waals surface area (Å²) in [7, 11) is 0. The van der Waals surface area contributed by atoms with Crippen LogP contribution in [0.1, 0.15) is 51.5 Å². The van der Waals surface area contributed by atoms with E-state index >= 15 is 0 Å². The van der Waals surface area contributed by atoms with Gasteiger partial charge in [-0.25, -0.2) is 0 Å². The lowest BCUT2D eigenvalue weighted by Crippen LogP contribution is -2.36. The minimum Gasteiger partial charge on any atom is -0.490 e. The van der Waals surface area contributed by atoms with E-state index in [4.69, 9.17) is 9.47 Å². The molecule has 134 valence electrons. The number of nitriles is 1. The number of hydrogen-bond donors (Lipinski definition) is 1. The van der Waals surface area contributed by atoms with Gasteiger partial charge in [0.05, 0.1) is 13.2 Å². The van der Waals surface area contributed by atoms with E-state index in [2.05, 4.69) is 5.32 Å². The third kappa shape index (κ3) is 5.53. The summed E-state index contributed by atoms with van der Waals surface area (Å²) in [4.78, 5) is 12.4. The summed E-state index contributed by atoms with van der Waals surface area (Å²) >= 11 is 0. The summed E-state index contributed by atoms with van der Waals surface area (Å²) in [6, 6.07) is 7.60. The van der Waals surface area contributed by atoms with Gasteiger partial charge in [-0.05, 0) is 50.5 Å². The van der Waals surface area contributed by atoms with E-state index in [1.54, 1.807) is 18.2 Å². The smallest absolute Gasteiger partial charge is 0.262 e. The number of ether oxygens (including phenoxy) is 2. The second-order valence-corrected chi connectivity index (χ2v) is 6.05. The van der Waals surface area contributed by atoms with E-state index in [1.165, 1.54) is 6.42 Å². The van der Waals surface area contributed by atoms with Crippen molar-refractivity contribution in [3.8, 4) is 17.6 Å². The Bertz CT molecular complexity index is 655. The number of benzene rings is 1. The Kier molecular flexibility index (Phi) is 7.34. The second-order valence-electron chi connectivity index (χ2n) is 6.05. The summed E-state index contributed by atoms with van der Waals surface area (Å²) in [5, 5.41) is 12.3. The van der Waals surface area contributed by atoms with Gasteiger partial charge in [-0.1, -0.05) is 25.3 Å². The average molecular weight is 342 g/mol. The topological polar surface area (TPSA) is 71.3 Å². The van der Waals surface area contributed by atoms with Crippen molar-refractivity contribution in [2.75, 3.05) is 13.2 Å². The zero-order valence-electron chi connectivity index (χ0n) is 15.0. The zero-order valence-corrected chi connectivity index (χ0v) is 15.0. The first-order chi connectivity index (χ1) is 12.2. The average Bonchev–Trinajstić information content (AvgIpc) is 2.63. The molecule has 0 atom stereocenters. The van der Waals surface area contributed by atoms with Gasteiger partial charge >= 0.3 is 0 Å². The largest absolute Gasteiger partial charge is 0.490 e. The molecule has 1 amide bonds. The van der Waals surface area contributed by atoms with Crippen molar-refractivity contribution in [2.24, 2.45) is 0 Å². The highest BCUT2D eigenvalue weighted by molar-refractivity contribution is 6.01. The molecule has 2 rings (SSSR count). The van der Waals surface area contributed by atoms with Crippen LogP contribution in [0.25, 0.3) is 6.08 Å². The van der Waals surface area contributed by atoms with Crippen LogP contribution in [0.2, 0.25) is 0 Å². The molecule has 0 saturated heterocycles. The van der Waals surface area contributed by atoms with Crippen LogP contribution in [0, 0.1) is 11.3 Å². The number of nitrogens with zero attached hydrogens (tertiary/aromatic N) is 1. The van der Waals surface area contributed by atoms with Crippen LogP contribution in [0.15, 0.2) is 23.8 Å². The summed E-state index contributed by atoms with van der Waals surface area (Å²) in [6.07, 6.45) is 7.06. The summed E-state index contributed by atoms with van der Waals surface area (Å²) in [6.45, 7) is 4.87. The van der Waals surface area contributed by atoms with Gasteiger partial charge in [0.25, 0.3) is 5.91 Å². The molecule has 0 aromatic heterocycles. The highest BCUT2D eigenvalue weighted by Crippen LogP contribution is 2.29. The number of hydrogen-bond acceptors (Lipinski definition) is 4. The van der Waals surface area contributed by atoms with Gasteiger partial charge < -0.3 is 14.8 Å². The van der Waals surface area contributed by atoms with E-state index in [0.29, 0.717) is 24.7 Å². The number of amides is 1. The molecule has 0 unspecified atom stereocenters. The predicted molar refractivity (Wildman–Crippen MR) is 97.4 cm³/mol. The first kappa shape index (κ1) is 18.9. The highest BCUT2D eigenvalue weighted by Gasteiger charge is 2.18. The molecule has 0 bridgehead atoms. The Labute approximate surface area is 149 Å². The first-order valence-electron chi connectivity index (χ1n) is 9.00. The molecule has 1 N–H and O–H groups in total. The molecule has 0 heterocycles. The van der Waals surface area contributed by atoms with Crippen molar-refractivity contribution >= 4 is 12.0 Å². The molecule has 5 nitrogen and oxygen atoms in total. The molecule has 5 heteroatoms. The minimum atomic E-state index is -0.304. The Balaban J connectivity index is 2.15. The maximum Gasteiger partial charge on any atom is 0.262 e. The standard InChI is InChI=1S/C20H26N2O3/c1-3-24-18-11-10-15(13-19(18)25-4-2)12-16(14-21)20(23)22-17-8-6-5-7-9-17/h10-13,17H,3-9H2,1-2H3,(H,22,23). The van der Waals surface area contributed by atoms with Crippen molar-refractivity contribution in [1.29, 1.82) is 5.26 Å². The number of nitrogens with one attached hydrogen (secondary N) is 1. The van der Waals surface area contributed by atoms with Crippen molar-refractivity contribution in [2.45, 2.75) is 52.0 Å². The van der Waals surface area contributed by atoms with Crippen LogP contribution in [0.4, 0.5) is 0 Å². The van der Waals surface area contributed by atoms with Gasteiger partial charge in [-0.3, -0.25) is 4.79 Å². The summed E-state index contributed by atoms with van der Waals surface area (Å²) in [5.41, 5.74) is 0.847. The molecule has 1 saturated carbocycles. The van der Waals surface area contributed by atoms with Crippen LogP contribution >= 0.6 is 0 Å². The Hall–Kier alpha value is -2.48. The van der Waals surface area contributed by atoms with Gasteiger partial charge in [-0.2, -0.15) is 5.26 Å². The van der Waals surface area contributed by atoms with Gasteiger partial charge in [0, 0.05) is 6.04 Å². The lowest BCUT2D eigenvalue weighted by molar-refractivity contribution is -0.117. The normalized spacial score (nSPS) is 15.3. The minimum absolute atomic E-state index is 0.109. The van der Waals surface area contributed by atoms with Crippen molar-refractivity contribution in [3.63, 3.8) is 0 Å². The molecule has 0 spiro atoms. The van der Waals surface area contributed by atoms with Crippen LogP contribution in [0.5, 0.6) is 11.5 Å². The van der Waals surface area contributed by atoms with Gasteiger partial charge in [0.15, 0.2) is 11.5 Å². The molecule has 1 aromatic carbocycles. The van der Waals surface area contributed by atoms with E-state index in [1.807, 2.05) is 26.0 Å². The van der Waals surface area contributed by atoms with Gasteiger partial charge in [-0.15, -0.1) is 0 Å². The van der Waals surface area contributed by atoms with Crippen molar-refractivity contribution in [3.05, 3.63) is 29.3 Å². The van der Waals surface area contributed by atoms with E-state index in [9.17, 15) is 10.1 Å². The fraction of sp³-hybridized carbons (Fsp3) is 0.500. The van der Waals surface area contributed by atoms with E-state index < -0.39 is 0 Å². The highest BCUT2D eigenvalue weighted by atomic mass is 16.5.